The van der Waals surface area contributed by atoms with Crippen LogP contribution in [0.1, 0.15) is 6.92 Å². The molecule has 0 aromatic heterocycles. The molecule has 0 spiro atoms. The van der Waals surface area contributed by atoms with E-state index in [4.69, 9.17) is 9.47 Å². The first-order valence-corrected chi connectivity index (χ1v) is 2.33. The highest BCUT2D eigenvalue weighted by atomic mass is 16.5. The molecule has 0 saturated heterocycles. The summed E-state index contributed by atoms with van der Waals surface area (Å²) in [4.78, 5) is 0. The third kappa shape index (κ3) is 1.87. The van der Waals surface area contributed by atoms with Crippen LogP contribution in [0, 0.1) is 6.92 Å². The average molecular weight is 115 g/mol. The van der Waals surface area contributed by atoms with E-state index in [9.17, 15) is 0 Å². The van der Waals surface area contributed by atoms with Crippen molar-refractivity contribution in [3.05, 3.63) is 18.4 Å². The van der Waals surface area contributed by atoms with Crippen molar-refractivity contribution in [2.75, 3.05) is 14.2 Å². The molecule has 0 heterocycles. The Kier molecular flexibility index (Phi) is 3.08. The molecule has 0 aromatic carbocycles. The quantitative estimate of drug-likeness (QED) is 0.506. The predicted molar refractivity (Wildman–Crippen MR) is 32.1 cm³/mol. The van der Waals surface area contributed by atoms with Crippen LogP contribution in [0.4, 0.5) is 0 Å². The van der Waals surface area contributed by atoms with Gasteiger partial charge in [0, 0.05) is 6.92 Å². The highest BCUT2D eigenvalue weighted by Crippen LogP contribution is 2.01. The Balaban J connectivity index is 3.83. The lowest BCUT2D eigenvalue weighted by Crippen LogP contribution is -1.88. The van der Waals surface area contributed by atoms with E-state index >= 15 is 0 Å². The summed E-state index contributed by atoms with van der Waals surface area (Å²) in [5.74, 6) is 1.29. The number of rotatable bonds is 2. The Bertz CT molecular complexity index is 82.7. The van der Waals surface area contributed by atoms with Gasteiger partial charge in [-0.15, -0.1) is 0 Å². The normalized spacial score (nSPS) is 12.5. The SMILES string of the molecule is [CH2]C(OC)=C(C)OC. The van der Waals surface area contributed by atoms with Gasteiger partial charge < -0.3 is 9.47 Å². The Morgan fingerprint density at radius 3 is 1.88 bits per heavy atom. The van der Waals surface area contributed by atoms with Gasteiger partial charge in [0.15, 0.2) is 0 Å². The molecule has 0 N–H and O–H groups in total. The molecule has 0 aliphatic heterocycles. The molecule has 0 rings (SSSR count). The molecule has 0 aliphatic rings. The van der Waals surface area contributed by atoms with Gasteiger partial charge in [-0.3, -0.25) is 0 Å². The van der Waals surface area contributed by atoms with Crippen LogP contribution in [0.15, 0.2) is 11.5 Å². The highest BCUT2D eigenvalue weighted by molar-refractivity contribution is 5.00. The van der Waals surface area contributed by atoms with Crippen molar-refractivity contribution in [3.63, 3.8) is 0 Å². The van der Waals surface area contributed by atoms with Gasteiger partial charge in [0.25, 0.3) is 0 Å². The lowest BCUT2D eigenvalue weighted by Gasteiger charge is -2.02. The second kappa shape index (κ2) is 3.36. The van der Waals surface area contributed by atoms with Crippen LogP contribution < -0.4 is 0 Å². The topological polar surface area (TPSA) is 18.5 Å². The molecule has 0 bridgehead atoms. The van der Waals surface area contributed by atoms with Crippen molar-refractivity contribution in [2.24, 2.45) is 0 Å². The summed E-state index contributed by atoms with van der Waals surface area (Å²) in [5.41, 5.74) is 0. The molecule has 2 heteroatoms. The lowest BCUT2D eigenvalue weighted by atomic mass is 10.5. The van der Waals surface area contributed by atoms with Gasteiger partial charge in [0.1, 0.15) is 11.5 Å². The van der Waals surface area contributed by atoms with Gasteiger partial charge in [0.05, 0.1) is 14.2 Å². The van der Waals surface area contributed by atoms with Crippen LogP contribution in [-0.2, 0) is 9.47 Å². The summed E-state index contributed by atoms with van der Waals surface area (Å²) >= 11 is 0. The summed E-state index contributed by atoms with van der Waals surface area (Å²) in [6.07, 6.45) is 0. The average Bonchev–Trinajstić information content (AvgIpc) is 1.84. The molecule has 2 nitrogen and oxygen atoms in total. The van der Waals surface area contributed by atoms with E-state index in [1.54, 1.807) is 21.1 Å². The van der Waals surface area contributed by atoms with E-state index in [1.807, 2.05) is 0 Å². The molecule has 0 aromatic rings. The van der Waals surface area contributed by atoms with E-state index < -0.39 is 0 Å². The van der Waals surface area contributed by atoms with Crippen molar-refractivity contribution in [2.45, 2.75) is 6.92 Å². The highest BCUT2D eigenvalue weighted by Gasteiger charge is 1.91. The van der Waals surface area contributed by atoms with Gasteiger partial charge in [-0.1, -0.05) is 0 Å². The fraction of sp³-hybridized carbons (Fsp3) is 0.500. The molecular weight excluding hydrogens is 104 g/mol. The Morgan fingerprint density at radius 2 is 1.75 bits per heavy atom. The van der Waals surface area contributed by atoms with Crippen molar-refractivity contribution >= 4 is 0 Å². The molecular formula is C6H11O2. The number of allylic oxidation sites excluding steroid dienone is 2. The lowest BCUT2D eigenvalue weighted by molar-refractivity contribution is 0.232. The summed E-state index contributed by atoms with van der Waals surface area (Å²) < 4.78 is 9.54. The smallest absolute Gasteiger partial charge is 0.133 e. The van der Waals surface area contributed by atoms with Crippen LogP contribution in [-0.4, -0.2) is 14.2 Å². The minimum absolute atomic E-state index is 0.576. The second-order valence-corrected chi connectivity index (χ2v) is 1.39. The van der Waals surface area contributed by atoms with Crippen molar-refractivity contribution in [3.8, 4) is 0 Å². The first kappa shape index (κ1) is 7.34. The van der Waals surface area contributed by atoms with Crippen molar-refractivity contribution < 1.29 is 9.47 Å². The number of methoxy groups -OCH3 is 2. The van der Waals surface area contributed by atoms with Crippen LogP contribution in [0.25, 0.3) is 0 Å². The minimum Gasteiger partial charge on any atom is -0.498 e. The van der Waals surface area contributed by atoms with Gasteiger partial charge in [-0.2, -0.15) is 0 Å². The largest absolute Gasteiger partial charge is 0.498 e. The predicted octanol–water partition coefficient (Wildman–Crippen LogP) is 1.34. The second-order valence-electron chi connectivity index (χ2n) is 1.39. The Hall–Kier alpha value is -0.660. The summed E-state index contributed by atoms with van der Waals surface area (Å²) in [5, 5.41) is 0. The van der Waals surface area contributed by atoms with Gasteiger partial charge in [-0.05, 0) is 6.92 Å². The third-order valence-electron chi connectivity index (χ3n) is 0.945. The monoisotopic (exact) mass is 115 g/mol. The zero-order chi connectivity index (χ0) is 6.57. The van der Waals surface area contributed by atoms with Gasteiger partial charge >= 0.3 is 0 Å². The number of hydrogen-bond acceptors (Lipinski definition) is 2. The van der Waals surface area contributed by atoms with E-state index in [2.05, 4.69) is 6.92 Å². The Labute approximate surface area is 50.1 Å². The zero-order valence-electron chi connectivity index (χ0n) is 5.52. The van der Waals surface area contributed by atoms with E-state index in [0.29, 0.717) is 11.5 Å². The maximum Gasteiger partial charge on any atom is 0.133 e. The molecule has 8 heavy (non-hydrogen) atoms. The molecule has 0 atom stereocenters. The minimum atomic E-state index is 0.576. The molecule has 0 fully saturated rings. The summed E-state index contributed by atoms with van der Waals surface area (Å²) in [6.45, 7) is 5.36. The molecule has 0 unspecified atom stereocenters. The van der Waals surface area contributed by atoms with Crippen LogP contribution >= 0.6 is 0 Å². The zero-order valence-corrected chi connectivity index (χ0v) is 5.52. The van der Waals surface area contributed by atoms with Gasteiger partial charge in [0.2, 0.25) is 0 Å². The van der Waals surface area contributed by atoms with Crippen molar-refractivity contribution in [1.29, 1.82) is 0 Å². The van der Waals surface area contributed by atoms with Crippen LogP contribution in [0.2, 0.25) is 0 Å². The molecule has 0 saturated carbocycles. The third-order valence-corrected chi connectivity index (χ3v) is 0.945. The summed E-state index contributed by atoms with van der Waals surface area (Å²) in [6, 6.07) is 0. The van der Waals surface area contributed by atoms with Crippen molar-refractivity contribution in [1.82, 2.24) is 0 Å². The maximum atomic E-state index is 4.79. The fourth-order valence-corrected chi connectivity index (χ4v) is 0.258. The number of ether oxygens (including phenoxy) is 2. The van der Waals surface area contributed by atoms with E-state index in [-0.39, 0.29) is 0 Å². The van der Waals surface area contributed by atoms with E-state index in [0.717, 1.165) is 0 Å². The molecule has 1 radical (unpaired) electrons. The molecule has 47 valence electrons. The molecule has 0 amide bonds. The number of hydrogen-bond donors (Lipinski definition) is 0. The summed E-state index contributed by atoms with van der Waals surface area (Å²) in [7, 11) is 3.14. The van der Waals surface area contributed by atoms with Crippen LogP contribution in [0.3, 0.4) is 0 Å². The first-order valence-electron chi connectivity index (χ1n) is 2.33. The fourth-order valence-electron chi connectivity index (χ4n) is 0.258. The first-order chi connectivity index (χ1) is 3.72. The maximum absolute atomic E-state index is 4.79. The van der Waals surface area contributed by atoms with Crippen LogP contribution in [0.5, 0.6) is 0 Å². The molecule has 0 aliphatic carbocycles. The standard InChI is InChI=1S/C6H11O2/c1-5(7-3)6(2)8-4/h1H2,2-4H3. The van der Waals surface area contributed by atoms with E-state index in [1.165, 1.54) is 0 Å². The Morgan fingerprint density at radius 1 is 1.25 bits per heavy atom. The van der Waals surface area contributed by atoms with Gasteiger partial charge in [-0.25, -0.2) is 0 Å².